The number of rotatable bonds is 6. The van der Waals surface area contributed by atoms with Crippen molar-refractivity contribution in [1.82, 2.24) is 15.1 Å². The molecule has 4 aliphatic carbocycles. The fraction of sp³-hybridized carbons (Fsp3) is 0.667. The number of hydrogen-bond donors (Lipinski definition) is 1. The van der Waals surface area contributed by atoms with E-state index >= 15 is 0 Å². The Hall–Kier alpha value is -1.47. The minimum absolute atomic E-state index is 0.00482. The van der Waals surface area contributed by atoms with Gasteiger partial charge in [0.2, 0.25) is 11.8 Å². The van der Waals surface area contributed by atoms with Crippen LogP contribution in [0.2, 0.25) is 0 Å². The van der Waals surface area contributed by atoms with E-state index in [1.165, 1.54) is 38.2 Å². The summed E-state index contributed by atoms with van der Waals surface area (Å²) >= 11 is 3.34. The highest BCUT2D eigenvalue weighted by atomic mass is 79.9. The molecule has 0 aromatic heterocycles. The van der Waals surface area contributed by atoms with E-state index in [-0.39, 0.29) is 29.6 Å². The first kappa shape index (κ1) is 21.4. The predicted molar refractivity (Wildman–Crippen MR) is 120 cm³/mol. The van der Waals surface area contributed by atoms with E-state index in [1.807, 2.05) is 11.0 Å². The first-order valence-corrected chi connectivity index (χ1v) is 12.4. The van der Waals surface area contributed by atoms with Crippen LogP contribution in [0.5, 0.6) is 0 Å². The van der Waals surface area contributed by atoms with E-state index in [9.17, 15) is 14.0 Å². The number of nitrogens with one attached hydrogen (secondary N) is 1. The Morgan fingerprint density at radius 2 is 1.77 bits per heavy atom. The van der Waals surface area contributed by atoms with Crippen molar-refractivity contribution in [3.8, 4) is 0 Å². The standard InChI is InChI=1S/C24H31BrFN3O2/c25-20-7-17(8-21(26)9-20)15-28-1-3-29(4-2-28)23(31)14-27-22(30)13-24-10-16-5-18(11-24)19(6-16)12-24/h7-9,16,18-19H,1-6,10-15H2,(H,27,30). The lowest BCUT2D eigenvalue weighted by molar-refractivity contribution is -0.135. The molecule has 6 rings (SSSR count). The van der Waals surface area contributed by atoms with Gasteiger partial charge in [0.05, 0.1) is 6.54 Å². The maximum atomic E-state index is 13.6. The molecule has 0 spiro atoms. The summed E-state index contributed by atoms with van der Waals surface area (Å²) in [6.07, 6.45) is 7.02. The van der Waals surface area contributed by atoms with Crippen molar-refractivity contribution in [2.24, 2.45) is 23.2 Å². The van der Waals surface area contributed by atoms with Gasteiger partial charge in [-0.1, -0.05) is 15.9 Å². The van der Waals surface area contributed by atoms with E-state index in [1.54, 1.807) is 6.07 Å². The Kier molecular flexibility index (Phi) is 5.84. The summed E-state index contributed by atoms with van der Waals surface area (Å²) in [5, 5.41) is 2.91. The summed E-state index contributed by atoms with van der Waals surface area (Å²) in [4.78, 5) is 29.3. The molecule has 1 aromatic carbocycles. The molecule has 2 atom stereocenters. The van der Waals surface area contributed by atoms with Gasteiger partial charge in [0.25, 0.3) is 0 Å². The number of halogens is 2. The van der Waals surface area contributed by atoms with Crippen LogP contribution < -0.4 is 5.32 Å². The van der Waals surface area contributed by atoms with E-state index in [0.717, 1.165) is 40.9 Å². The lowest BCUT2D eigenvalue weighted by Gasteiger charge is -2.38. The molecule has 4 bridgehead atoms. The fourth-order valence-electron chi connectivity index (χ4n) is 7.00. The normalized spacial score (nSPS) is 31.9. The van der Waals surface area contributed by atoms with E-state index in [2.05, 4.69) is 26.1 Å². The molecule has 1 aromatic rings. The van der Waals surface area contributed by atoms with Gasteiger partial charge in [0.15, 0.2) is 0 Å². The molecule has 31 heavy (non-hydrogen) atoms. The topological polar surface area (TPSA) is 52.7 Å². The summed E-state index contributed by atoms with van der Waals surface area (Å²) in [7, 11) is 0. The molecule has 1 heterocycles. The SMILES string of the molecule is O=C(CC12CC3CC(C1)C(C3)C2)NCC(=O)N1CCN(Cc2cc(F)cc(Br)c2)CC1. The molecular weight excluding hydrogens is 461 g/mol. The van der Waals surface area contributed by atoms with Crippen LogP contribution >= 0.6 is 15.9 Å². The van der Waals surface area contributed by atoms with Gasteiger partial charge in [-0.3, -0.25) is 14.5 Å². The van der Waals surface area contributed by atoms with E-state index in [0.29, 0.717) is 26.1 Å². The minimum atomic E-state index is -0.244. The summed E-state index contributed by atoms with van der Waals surface area (Å²) < 4.78 is 14.3. The van der Waals surface area contributed by atoms with Crippen molar-refractivity contribution in [2.45, 2.75) is 45.1 Å². The zero-order chi connectivity index (χ0) is 21.6. The van der Waals surface area contributed by atoms with Crippen molar-refractivity contribution < 1.29 is 14.0 Å². The third-order valence-electron chi connectivity index (χ3n) is 8.08. The maximum absolute atomic E-state index is 13.6. The number of nitrogens with zero attached hydrogens (tertiary/aromatic N) is 2. The van der Waals surface area contributed by atoms with Crippen molar-refractivity contribution in [3.63, 3.8) is 0 Å². The molecule has 7 heteroatoms. The van der Waals surface area contributed by atoms with Crippen molar-refractivity contribution >= 4 is 27.7 Å². The molecule has 1 aliphatic heterocycles. The highest BCUT2D eigenvalue weighted by Gasteiger charge is 2.56. The first-order valence-electron chi connectivity index (χ1n) is 11.6. The maximum Gasteiger partial charge on any atom is 0.242 e. The van der Waals surface area contributed by atoms with Crippen LogP contribution in [-0.2, 0) is 16.1 Å². The molecule has 1 saturated heterocycles. The Morgan fingerprint density at radius 3 is 2.42 bits per heavy atom. The number of carbonyl (C=O) groups is 2. The first-order chi connectivity index (χ1) is 14.9. The summed E-state index contributed by atoms with van der Waals surface area (Å²) in [6.45, 7) is 3.55. The molecule has 5 fully saturated rings. The van der Waals surface area contributed by atoms with Crippen LogP contribution in [0, 0.1) is 29.0 Å². The van der Waals surface area contributed by atoms with Crippen molar-refractivity contribution in [2.75, 3.05) is 32.7 Å². The number of piperazine rings is 1. The molecular formula is C24H31BrFN3O2. The highest BCUT2D eigenvalue weighted by molar-refractivity contribution is 9.10. The number of benzene rings is 1. The second kappa shape index (κ2) is 8.47. The highest BCUT2D eigenvalue weighted by Crippen LogP contribution is 2.65. The molecule has 4 saturated carbocycles. The predicted octanol–water partition coefficient (Wildman–Crippen LogP) is 3.57. The lowest BCUT2D eigenvalue weighted by Crippen LogP contribution is -2.51. The quantitative estimate of drug-likeness (QED) is 0.661. The van der Waals surface area contributed by atoms with Crippen LogP contribution in [-0.4, -0.2) is 54.3 Å². The van der Waals surface area contributed by atoms with Crippen LogP contribution in [0.15, 0.2) is 22.7 Å². The largest absolute Gasteiger partial charge is 0.347 e. The van der Waals surface area contributed by atoms with Crippen molar-refractivity contribution in [3.05, 3.63) is 34.1 Å². The molecule has 1 N–H and O–H groups in total. The Balaban J connectivity index is 1.05. The zero-order valence-electron chi connectivity index (χ0n) is 17.9. The van der Waals surface area contributed by atoms with Crippen LogP contribution in [0.1, 0.15) is 44.1 Å². The third-order valence-corrected chi connectivity index (χ3v) is 8.53. The summed E-state index contributed by atoms with van der Waals surface area (Å²) in [6, 6.07) is 4.94. The van der Waals surface area contributed by atoms with Gasteiger partial charge < -0.3 is 10.2 Å². The number of hydrogen-bond acceptors (Lipinski definition) is 3. The zero-order valence-corrected chi connectivity index (χ0v) is 19.5. The fourth-order valence-corrected chi connectivity index (χ4v) is 7.51. The Bertz CT molecular complexity index is 831. The molecule has 168 valence electrons. The molecule has 0 radical (unpaired) electrons. The van der Waals surface area contributed by atoms with Gasteiger partial charge >= 0.3 is 0 Å². The second-order valence-corrected chi connectivity index (χ2v) is 11.3. The van der Waals surface area contributed by atoms with Crippen LogP contribution in [0.3, 0.4) is 0 Å². The van der Waals surface area contributed by atoms with Gasteiger partial charge in [-0.05, 0) is 79.0 Å². The molecule has 2 unspecified atom stereocenters. The number of amides is 2. The average molecular weight is 492 g/mol. The molecule has 5 aliphatic rings. The van der Waals surface area contributed by atoms with Gasteiger partial charge in [-0.15, -0.1) is 0 Å². The van der Waals surface area contributed by atoms with E-state index < -0.39 is 0 Å². The summed E-state index contributed by atoms with van der Waals surface area (Å²) in [5.41, 5.74) is 1.15. The smallest absolute Gasteiger partial charge is 0.242 e. The Morgan fingerprint density at radius 1 is 1.06 bits per heavy atom. The monoisotopic (exact) mass is 491 g/mol. The summed E-state index contributed by atoms with van der Waals surface area (Å²) in [5.74, 6) is 2.36. The third kappa shape index (κ3) is 4.68. The lowest BCUT2D eigenvalue weighted by atomic mass is 9.67. The van der Waals surface area contributed by atoms with Crippen LogP contribution in [0.25, 0.3) is 0 Å². The molecule has 5 nitrogen and oxygen atoms in total. The average Bonchev–Trinajstić information content (AvgIpc) is 3.12. The number of carbonyl (C=O) groups excluding carboxylic acids is 2. The Labute approximate surface area is 191 Å². The van der Waals surface area contributed by atoms with Gasteiger partial charge in [-0.2, -0.15) is 0 Å². The second-order valence-electron chi connectivity index (χ2n) is 10.4. The van der Waals surface area contributed by atoms with Crippen LogP contribution in [0.4, 0.5) is 4.39 Å². The van der Waals surface area contributed by atoms with Gasteiger partial charge in [0.1, 0.15) is 5.82 Å². The van der Waals surface area contributed by atoms with Gasteiger partial charge in [-0.25, -0.2) is 4.39 Å². The van der Waals surface area contributed by atoms with Gasteiger partial charge in [0, 0.05) is 43.6 Å². The minimum Gasteiger partial charge on any atom is -0.347 e. The van der Waals surface area contributed by atoms with Crippen molar-refractivity contribution in [1.29, 1.82) is 0 Å². The molecule has 2 amide bonds. The van der Waals surface area contributed by atoms with E-state index in [4.69, 9.17) is 0 Å².